The van der Waals surface area contributed by atoms with Crippen LogP contribution in [0.3, 0.4) is 0 Å². The highest BCUT2D eigenvalue weighted by Crippen LogP contribution is 2.10. The maximum atomic E-state index is 13.3. The van der Waals surface area contributed by atoms with Crippen LogP contribution in [0.5, 0.6) is 0 Å². The normalized spacial score (nSPS) is 12.2. The summed E-state index contributed by atoms with van der Waals surface area (Å²) in [4.78, 5) is 11.6. The lowest BCUT2D eigenvalue weighted by atomic mass is 10.1. The molecule has 100 valence electrons. The van der Waals surface area contributed by atoms with Crippen molar-refractivity contribution < 1.29 is 13.6 Å². The summed E-state index contributed by atoms with van der Waals surface area (Å²) < 4.78 is 26.2. The Morgan fingerprint density at radius 1 is 1.44 bits per heavy atom. The zero-order valence-electron chi connectivity index (χ0n) is 10.2. The fraction of sp³-hybridized carbons (Fsp3) is 0.462. The van der Waals surface area contributed by atoms with Crippen molar-refractivity contribution in [3.63, 3.8) is 0 Å². The molecule has 0 heterocycles. The zero-order valence-corrected chi connectivity index (χ0v) is 10.9. The molecule has 0 aliphatic carbocycles. The average molecular weight is 276 g/mol. The van der Waals surface area contributed by atoms with Crippen LogP contribution in [0.4, 0.5) is 8.78 Å². The third kappa shape index (κ3) is 4.61. The highest BCUT2D eigenvalue weighted by atomic mass is 35.5. The van der Waals surface area contributed by atoms with Crippen molar-refractivity contribution in [1.82, 2.24) is 5.32 Å². The Labute approximate surface area is 110 Å². The van der Waals surface area contributed by atoms with Gasteiger partial charge in [0.1, 0.15) is 11.6 Å². The number of rotatable bonds is 6. The van der Waals surface area contributed by atoms with Crippen molar-refractivity contribution in [1.29, 1.82) is 0 Å². The summed E-state index contributed by atoms with van der Waals surface area (Å²) >= 11 is 5.65. The minimum absolute atomic E-state index is 0.264. The highest BCUT2D eigenvalue weighted by Gasteiger charge is 2.12. The predicted octanol–water partition coefficient (Wildman–Crippen LogP) is 3.35. The minimum Gasteiger partial charge on any atom is -0.352 e. The van der Waals surface area contributed by atoms with E-state index in [-0.39, 0.29) is 5.56 Å². The van der Waals surface area contributed by atoms with Crippen LogP contribution in [-0.4, -0.2) is 18.3 Å². The number of amides is 1. The van der Waals surface area contributed by atoms with Crippen molar-refractivity contribution in [2.75, 3.05) is 12.4 Å². The van der Waals surface area contributed by atoms with Crippen LogP contribution in [0.25, 0.3) is 0 Å². The number of hydrogen-bond donors (Lipinski definition) is 1. The number of halogens is 3. The molecule has 1 unspecified atom stereocenters. The summed E-state index contributed by atoms with van der Waals surface area (Å²) in [5.74, 6) is -0.979. The van der Waals surface area contributed by atoms with Crippen molar-refractivity contribution in [2.24, 2.45) is 5.92 Å². The summed E-state index contributed by atoms with van der Waals surface area (Å²) in [5.41, 5.74) is -0.264. The number of hydrogen-bond acceptors (Lipinski definition) is 1. The molecule has 1 aromatic carbocycles. The molecular formula is C13H16ClF2NO. The van der Waals surface area contributed by atoms with Crippen molar-refractivity contribution in [2.45, 2.75) is 19.8 Å². The Kier molecular flexibility index (Phi) is 6.05. The fourth-order valence-corrected chi connectivity index (χ4v) is 1.65. The fourth-order valence-electron chi connectivity index (χ4n) is 1.50. The van der Waals surface area contributed by atoms with Gasteiger partial charge in [0.25, 0.3) is 5.91 Å². The van der Waals surface area contributed by atoms with Crippen LogP contribution in [0.2, 0.25) is 0 Å². The number of nitrogens with one attached hydrogen (secondary N) is 1. The van der Waals surface area contributed by atoms with Crippen molar-refractivity contribution in [3.8, 4) is 0 Å². The molecule has 2 nitrogen and oxygen atoms in total. The molecular weight excluding hydrogens is 260 g/mol. The van der Waals surface area contributed by atoms with Gasteiger partial charge in [0.15, 0.2) is 0 Å². The van der Waals surface area contributed by atoms with Crippen LogP contribution < -0.4 is 5.32 Å². The molecule has 1 aromatic rings. The quantitative estimate of drug-likeness (QED) is 0.626. The molecule has 0 fully saturated rings. The molecule has 0 saturated carbocycles. The standard InChI is InChI=1S/C13H16ClF2NO/c1-9(8-14)3-2-6-17-13(18)11-7-10(15)4-5-12(11)16/h4-5,7,9H,2-3,6,8H2,1H3,(H,17,18). The smallest absolute Gasteiger partial charge is 0.254 e. The van der Waals surface area contributed by atoms with Gasteiger partial charge in [0.2, 0.25) is 0 Å². The molecule has 1 N–H and O–H groups in total. The average Bonchev–Trinajstić information content (AvgIpc) is 2.36. The summed E-state index contributed by atoms with van der Waals surface area (Å²) in [6.07, 6.45) is 1.64. The third-order valence-corrected chi connectivity index (χ3v) is 3.12. The van der Waals surface area contributed by atoms with Crippen LogP contribution in [-0.2, 0) is 0 Å². The van der Waals surface area contributed by atoms with Gasteiger partial charge < -0.3 is 5.32 Å². The van der Waals surface area contributed by atoms with E-state index in [1.165, 1.54) is 0 Å². The summed E-state index contributed by atoms with van der Waals surface area (Å²) in [7, 11) is 0. The Morgan fingerprint density at radius 2 is 2.17 bits per heavy atom. The molecule has 0 aromatic heterocycles. The molecule has 0 spiro atoms. The second kappa shape index (κ2) is 7.31. The van der Waals surface area contributed by atoms with Gasteiger partial charge in [0, 0.05) is 12.4 Å². The van der Waals surface area contributed by atoms with E-state index in [2.05, 4.69) is 5.32 Å². The van der Waals surface area contributed by atoms with E-state index in [9.17, 15) is 13.6 Å². The van der Waals surface area contributed by atoms with E-state index in [0.717, 1.165) is 31.0 Å². The maximum Gasteiger partial charge on any atom is 0.254 e. The largest absolute Gasteiger partial charge is 0.352 e. The summed E-state index contributed by atoms with van der Waals surface area (Å²) in [6, 6.07) is 2.82. The highest BCUT2D eigenvalue weighted by molar-refractivity contribution is 6.18. The number of carbonyl (C=O) groups is 1. The Balaban J connectivity index is 2.43. The van der Waals surface area contributed by atoms with E-state index in [0.29, 0.717) is 18.3 Å². The van der Waals surface area contributed by atoms with Crippen LogP contribution in [0, 0.1) is 17.6 Å². The predicted molar refractivity (Wildman–Crippen MR) is 67.8 cm³/mol. The van der Waals surface area contributed by atoms with Crippen molar-refractivity contribution in [3.05, 3.63) is 35.4 Å². The van der Waals surface area contributed by atoms with E-state index in [1.807, 2.05) is 6.92 Å². The number of carbonyl (C=O) groups excluding carboxylic acids is 1. The van der Waals surface area contributed by atoms with Gasteiger partial charge in [-0.15, -0.1) is 11.6 Å². The van der Waals surface area contributed by atoms with E-state index >= 15 is 0 Å². The Bertz CT molecular complexity index is 412. The minimum atomic E-state index is -0.719. The monoisotopic (exact) mass is 275 g/mol. The molecule has 1 amide bonds. The molecule has 5 heteroatoms. The number of alkyl halides is 1. The van der Waals surface area contributed by atoms with Crippen LogP contribution in [0.1, 0.15) is 30.1 Å². The second-order valence-corrected chi connectivity index (χ2v) is 4.59. The SMILES string of the molecule is CC(CCl)CCCNC(=O)c1cc(F)ccc1F. The van der Waals surface area contributed by atoms with Crippen LogP contribution >= 0.6 is 11.6 Å². The Morgan fingerprint density at radius 3 is 2.83 bits per heavy atom. The molecule has 1 rings (SSSR count). The van der Waals surface area contributed by atoms with Gasteiger partial charge in [0.05, 0.1) is 5.56 Å². The maximum absolute atomic E-state index is 13.3. The lowest BCUT2D eigenvalue weighted by Gasteiger charge is -2.08. The van der Waals surface area contributed by atoms with E-state index < -0.39 is 17.5 Å². The first-order chi connectivity index (χ1) is 8.54. The molecule has 0 aliphatic rings. The third-order valence-electron chi connectivity index (χ3n) is 2.60. The van der Waals surface area contributed by atoms with E-state index in [4.69, 9.17) is 11.6 Å². The second-order valence-electron chi connectivity index (χ2n) is 4.28. The van der Waals surface area contributed by atoms with Gasteiger partial charge in [-0.1, -0.05) is 6.92 Å². The van der Waals surface area contributed by atoms with Gasteiger partial charge in [-0.3, -0.25) is 4.79 Å². The first-order valence-corrected chi connectivity index (χ1v) is 6.37. The molecule has 0 radical (unpaired) electrons. The molecule has 0 saturated heterocycles. The van der Waals surface area contributed by atoms with Gasteiger partial charge in [-0.05, 0) is 37.0 Å². The van der Waals surface area contributed by atoms with Crippen LogP contribution in [0.15, 0.2) is 18.2 Å². The molecule has 0 aliphatic heterocycles. The van der Waals surface area contributed by atoms with E-state index in [1.54, 1.807) is 0 Å². The molecule has 1 atom stereocenters. The Hall–Kier alpha value is -1.16. The van der Waals surface area contributed by atoms with Gasteiger partial charge >= 0.3 is 0 Å². The zero-order chi connectivity index (χ0) is 13.5. The topological polar surface area (TPSA) is 29.1 Å². The van der Waals surface area contributed by atoms with Crippen molar-refractivity contribution >= 4 is 17.5 Å². The summed E-state index contributed by atoms with van der Waals surface area (Å²) in [6.45, 7) is 2.44. The lowest BCUT2D eigenvalue weighted by molar-refractivity contribution is 0.0948. The lowest BCUT2D eigenvalue weighted by Crippen LogP contribution is -2.25. The first-order valence-electron chi connectivity index (χ1n) is 5.83. The molecule has 0 bridgehead atoms. The number of benzene rings is 1. The van der Waals surface area contributed by atoms with Gasteiger partial charge in [-0.2, -0.15) is 0 Å². The summed E-state index contributed by atoms with van der Waals surface area (Å²) in [5, 5.41) is 2.56. The first kappa shape index (κ1) is 14.9. The van der Waals surface area contributed by atoms with Gasteiger partial charge in [-0.25, -0.2) is 8.78 Å². The molecule has 18 heavy (non-hydrogen) atoms.